The van der Waals surface area contributed by atoms with Crippen molar-refractivity contribution >= 4 is 29.0 Å². The number of hydrogen-bond donors (Lipinski definition) is 2. The average molecular weight is 501 g/mol. The predicted octanol–water partition coefficient (Wildman–Crippen LogP) is 5.07. The van der Waals surface area contributed by atoms with Gasteiger partial charge in [0.25, 0.3) is 5.91 Å². The van der Waals surface area contributed by atoms with Crippen LogP contribution in [0.4, 0.5) is 24.7 Å². The summed E-state index contributed by atoms with van der Waals surface area (Å²) in [6, 6.07) is 3.24. The van der Waals surface area contributed by atoms with Crippen molar-refractivity contribution in [3.63, 3.8) is 0 Å². The van der Waals surface area contributed by atoms with Crippen molar-refractivity contribution in [3.8, 4) is 17.2 Å². The maximum atomic E-state index is 13.9. The van der Waals surface area contributed by atoms with Crippen LogP contribution in [0.5, 0.6) is 17.2 Å². The van der Waals surface area contributed by atoms with Crippen LogP contribution in [-0.2, 0) is 0 Å². The third-order valence-corrected chi connectivity index (χ3v) is 5.68. The molecule has 1 aliphatic heterocycles. The highest BCUT2D eigenvalue weighted by molar-refractivity contribution is 6.36. The molecule has 4 rings (SSSR count). The molecular weight excluding hydrogens is 481 g/mol. The Morgan fingerprint density at radius 1 is 1.24 bits per heavy atom. The van der Waals surface area contributed by atoms with Crippen molar-refractivity contribution in [2.75, 3.05) is 32.0 Å². The van der Waals surface area contributed by atoms with Crippen molar-refractivity contribution in [1.82, 2.24) is 9.78 Å². The van der Waals surface area contributed by atoms with Crippen LogP contribution in [0.25, 0.3) is 0 Å². The lowest BCUT2D eigenvalue weighted by Gasteiger charge is -2.32. The number of alkyl halides is 3. The number of nitrogens with one attached hydrogen (secondary N) is 2. The van der Waals surface area contributed by atoms with E-state index in [1.165, 1.54) is 39.7 Å². The summed E-state index contributed by atoms with van der Waals surface area (Å²) >= 11 is 6.34. The largest absolute Gasteiger partial charge is 0.493 e. The summed E-state index contributed by atoms with van der Waals surface area (Å²) < 4.78 is 63.3. The molecule has 1 aliphatic rings. The monoisotopic (exact) mass is 500 g/mol. The minimum Gasteiger partial charge on any atom is -0.493 e. The molecule has 2 aromatic heterocycles. The number of halogens is 4. The summed E-state index contributed by atoms with van der Waals surface area (Å²) in [6.45, 7) is 0. The summed E-state index contributed by atoms with van der Waals surface area (Å²) in [5.41, 5.74) is -0.150. The number of furan rings is 1. The Kier molecular flexibility index (Phi) is 6.26. The number of fused-ring (bicyclic) bond motifs is 1. The minimum absolute atomic E-state index is 0.133. The van der Waals surface area contributed by atoms with Crippen LogP contribution in [0.2, 0.25) is 5.02 Å². The maximum Gasteiger partial charge on any atom is 0.410 e. The molecule has 13 heteroatoms. The molecule has 182 valence electrons. The van der Waals surface area contributed by atoms with E-state index in [2.05, 4.69) is 15.7 Å². The van der Waals surface area contributed by atoms with E-state index in [-0.39, 0.29) is 33.7 Å². The van der Waals surface area contributed by atoms with Crippen LogP contribution in [0.1, 0.15) is 34.8 Å². The van der Waals surface area contributed by atoms with Crippen LogP contribution in [-0.4, -0.2) is 43.2 Å². The highest BCUT2D eigenvalue weighted by Crippen LogP contribution is 2.46. The lowest BCUT2D eigenvalue weighted by Crippen LogP contribution is -2.35. The Balaban J connectivity index is 1.69. The highest BCUT2D eigenvalue weighted by atomic mass is 35.5. The van der Waals surface area contributed by atoms with Gasteiger partial charge >= 0.3 is 6.18 Å². The summed E-state index contributed by atoms with van der Waals surface area (Å²) in [5, 5.41) is 9.10. The number of carbonyl (C=O) groups excluding carboxylic acids is 1. The van der Waals surface area contributed by atoms with Crippen LogP contribution < -0.4 is 24.8 Å². The molecule has 0 fully saturated rings. The van der Waals surface area contributed by atoms with Crippen molar-refractivity contribution in [1.29, 1.82) is 0 Å². The first kappa shape index (κ1) is 23.6. The molecule has 2 atom stereocenters. The first-order chi connectivity index (χ1) is 16.2. The Labute approximate surface area is 196 Å². The Hall–Kier alpha value is -3.54. The number of methoxy groups -OCH3 is 3. The van der Waals surface area contributed by atoms with E-state index in [0.717, 1.165) is 0 Å². The highest BCUT2D eigenvalue weighted by Gasteiger charge is 2.48. The van der Waals surface area contributed by atoms with Gasteiger partial charge in [0.15, 0.2) is 23.2 Å². The fourth-order valence-corrected chi connectivity index (χ4v) is 4.02. The summed E-state index contributed by atoms with van der Waals surface area (Å²) in [4.78, 5) is 13.0. The van der Waals surface area contributed by atoms with Gasteiger partial charge in [-0.15, -0.1) is 0 Å². The lowest BCUT2D eigenvalue weighted by atomic mass is 10.0. The van der Waals surface area contributed by atoms with Gasteiger partial charge in [-0.3, -0.25) is 4.79 Å². The molecule has 34 heavy (non-hydrogen) atoms. The van der Waals surface area contributed by atoms with Gasteiger partial charge < -0.3 is 29.3 Å². The summed E-state index contributed by atoms with van der Waals surface area (Å²) in [5.74, 6) is 0.200. The molecule has 1 amide bonds. The minimum atomic E-state index is -4.64. The fourth-order valence-electron chi connectivity index (χ4n) is 3.75. The van der Waals surface area contributed by atoms with Crippen LogP contribution in [0, 0.1) is 0 Å². The zero-order chi connectivity index (χ0) is 24.6. The van der Waals surface area contributed by atoms with Crippen LogP contribution >= 0.6 is 11.6 Å². The molecule has 0 spiro atoms. The Morgan fingerprint density at radius 3 is 2.44 bits per heavy atom. The molecule has 0 saturated carbocycles. The second kappa shape index (κ2) is 9.01. The van der Waals surface area contributed by atoms with Gasteiger partial charge in [0.1, 0.15) is 16.6 Å². The third-order valence-electron chi connectivity index (χ3n) is 5.32. The predicted molar refractivity (Wildman–Crippen MR) is 116 cm³/mol. The van der Waals surface area contributed by atoms with Gasteiger partial charge in [-0.25, -0.2) is 4.68 Å². The molecule has 3 heterocycles. The van der Waals surface area contributed by atoms with Crippen molar-refractivity contribution in [2.24, 2.45) is 0 Å². The first-order valence-corrected chi connectivity index (χ1v) is 10.3. The number of carbonyl (C=O) groups is 1. The van der Waals surface area contributed by atoms with Gasteiger partial charge in [-0.2, -0.15) is 18.3 Å². The molecule has 0 bridgehead atoms. The van der Waals surface area contributed by atoms with E-state index in [1.54, 1.807) is 12.1 Å². The zero-order valence-electron chi connectivity index (χ0n) is 18.2. The standard InChI is InChI=1S/C21H20ClF3N4O5/c1-31-13-7-10(8-14(32-2)18(13)33-3)26-20(30)17-16(22)19-27-11(12-5-4-6-34-12)9-15(21(23,24)25)29(19)28-17/h4-8,11,15,27H,9H2,1-3H3,(H,26,30)/t11-,15+/m0/s1. The van der Waals surface area contributed by atoms with Crippen molar-refractivity contribution in [2.45, 2.75) is 24.7 Å². The van der Waals surface area contributed by atoms with Gasteiger partial charge in [0.2, 0.25) is 5.75 Å². The Bertz CT molecular complexity index is 1170. The van der Waals surface area contributed by atoms with Crippen molar-refractivity contribution in [3.05, 3.63) is 47.0 Å². The van der Waals surface area contributed by atoms with E-state index in [1.807, 2.05) is 0 Å². The van der Waals surface area contributed by atoms with E-state index in [0.29, 0.717) is 16.2 Å². The number of hydrogen-bond acceptors (Lipinski definition) is 7. The topological polar surface area (TPSA) is 99.8 Å². The number of aromatic nitrogens is 2. The molecule has 3 aromatic rings. The average Bonchev–Trinajstić information content (AvgIpc) is 3.45. The third kappa shape index (κ3) is 4.20. The van der Waals surface area contributed by atoms with Gasteiger partial charge in [0, 0.05) is 24.2 Å². The van der Waals surface area contributed by atoms with Gasteiger partial charge in [-0.1, -0.05) is 11.6 Å². The van der Waals surface area contributed by atoms with E-state index in [9.17, 15) is 18.0 Å². The lowest BCUT2D eigenvalue weighted by molar-refractivity contribution is -0.174. The zero-order valence-corrected chi connectivity index (χ0v) is 19.0. The van der Waals surface area contributed by atoms with Gasteiger partial charge in [-0.05, 0) is 12.1 Å². The smallest absolute Gasteiger partial charge is 0.410 e. The fraction of sp³-hybridized carbons (Fsp3) is 0.333. The molecular formula is C21H20ClF3N4O5. The number of amides is 1. The second-order valence-electron chi connectivity index (χ2n) is 7.33. The molecule has 0 saturated heterocycles. The van der Waals surface area contributed by atoms with Crippen LogP contribution in [0.15, 0.2) is 34.9 Å². The van der Waals surface area contributed by atoms with E-state index >= 15 is 0 Å². The SMILES string of the molecule is COc1cc(NC(=O)c2nn3c(c2Cl)N[C@H](c2ccco2)C[C@@H]3C(F)(F)F)cc(OC)c1OC. The number of nitrogens with zero attached hydrogens (tertiary/aromatic N) is 2. The number of rotatable bonds is 6. The molecule has 1 aromatic carbocycles. The van der Waals surface area contributed by atoms with Gasteiger partial charge in [0.05, 0.1) is 33.6 Å². The molecule has 0 aliphatic carbocycles. The van der Waals surface area contributed by atoms with Crippen molar-refractivity contribution < 1.29 is 36.6 Å². The van der Waals surface area contributed by atoms with E-state index in [4.69, 9.17) is 30.2 Å². The number of benzene rings is 1. The second-order valence-corrected chi connectivity index (χ2v) is 7.71. The molecule has 0 radical (unpaired) electrons. The summed E-state index contributed by atoms with van der Waals surface area (Å²) in [6.07, 6.45) is -3.67. The Morgan fingerprint density at radius 2 is 1.91 bits per heavy atom. The maximum absolute atomic E-state index is 13.9. The summed E-state index contributed by atoms with van der Waals surface area (Å²) in [7, 11) is 4.23. The molecule has 9 nitrogen and oxygen atoms in total. The molecule has 0 unspecified atom stereocenters. The van der Waals surface area contributed by atoms with Crippen LogP contribution in [0.3, 0.4) is 0 Å². The normalized spacial score (nSPS) is 17.5. The number of anilines is 2. The number of ether oxygens (including phenoxy) is 3. The first-order valence-electron chi connectivity index (χ1n) is 9.93. The van der Waals surface area contributed by atoms with E-state index < -0.39 is 30.6 Å². The quantitative estimate of drug-likeness (QED) is 0.487. The molecule has 2 N–H and O–H groups in total.